The lowest BCUT2D eigenvalue weighted by Gasteiger charge is -2.17. The third-order valence-electron chi connectivity index (χ3n) is 3.68. The molecule has 0 fully saturated rings. The molecule has 0 aliphatic heterocycles. The van der Waals surface area contributed by atoms with Crippen LogP contribution in [0.2, 0.25) is 0 Å². The van der Waals surface area contributed by atoms with Crippen LogP contribution < -0.4 is 0 Å². The Kier molecular flexibility index (Phi) is 3.92. The van der Waals surface area contributed by atoms with Gasteiger partial charge in [0, 0.05) is 36.8 Å². The summed E-state index contributed by atoms with van der Waals surface area (Å²) in [7, 11) is 1.76. The van der Waals surface area contributed by atoms with Crippen LogP contribution in [0.25, 0.3) is 5.82 Å². The smallest absolute Gasteiger partial charge is 0.254 e. The number of pyridine rings is 1. The highest BCUT2D eigenvalue weighted by molar-refractivity contribution is 5.94. The number of imidazole rings is 1. The molecule has 0 N–H and O–H groups in total. The van der Waals surface area contributed by atoms with E-state index in [0.29, 0.717) is 17.9 Å². The number of aromatic nitrogens is 4. The number of aryl methyl sites for hydroxylation is 2. The Balaban J connectivity index is 1.81. The number of carbonyl (C=O) groups excluding carboxylic acids is 1. The van der Waals surface area contributed by atoms with Gasteiger partial charge in [-0.1, -0.05) is 5.16 Å². The number of nitrogens with zero attached hydrogens (tertiary/aromatic N) is 5. The molecule has 3 aromatic rings. The normalized spacial score (nSPS) is 10.7. The van der Waals surface area contributed by atoms with Crippen molar-refractivity contribution in [1.29, 1.82) is 0 Å². The number of hydrogen-bond donors (Lipinski definition) is 0. The van der Waals surface area contributed by atoms with Gasteiger partial charge >= 0.3 is 0 Å². The minimum absolute atomic E-state index is 0.0891. The Morgan fingerprint density at radius 2 is 2.17 bits per heavy atom. The molecule has 0 aliphatic carbocycles. The van der Waals surface area contributed by atoms with Crippen molar-refractivity contribution in [1.82, 2.24) is 24.6 Å². The molecular formula is C16H17N5O2. The first-order chi connectivity index (χ1) is 11.1. The van der Waals surface area contributed by atoms with Crippen molar-refractivity contribution in [2.24, 2.45) is 0 Å². The standard InChI is InChI=1S/C16H17N5O2/c1-11-14(12(2)23-19-11)9-20(3)16(22)13-4-5-18-15(8-13)21-7-6-17-10-21/h4-8,10H,9H2,1-3H3. The van der Waals surface area contributed by atoms with Gasteiger partial charge in [0.1, 0.15) is 17.9 Å². The van der Waals surface area contributed by atoms with E-state index in [0.717, 1.165) is 17.0 Å². The summed E-state index contributed by atoms with van der Waals surface area (Å²) in [4.78, 5) is 22.5. The second-order valence-corrected chi connectivity index (χ2v) is 5.34. The molecule has 0 aliphatic rings. The summed E-state index contributed by atoms with van der Waals surface area (Å²) in [5.41, 5.74) is 2.30. The van der Waals surface area contributed by atoms with Gasteiger partial charge in [0.15, 0.2) is 0 Å². The molecule has 0 saturated carbocycles. The van der Waals surface area contributed by atoms with Gasteiger partial charge < -0.3 is 9.42 Å². The highest BCUT2D eigenvalue weighted by Gasteiger charge is 2.17. The Morgan fingerprint density at radius 3 is 2.83 bits per heavy atom. The Hall–Kier alpha value is -2.96. The van der Waals surface area contributed by atoms with Gasteiger partial charge in [-0.15, -0.1) is 0 Å². The van der Waals surface area contributed by atoms with Gasteiger partial charge in [-0.05, 0) is 26.0 Å². The van der Waals surface area contributed by atoms with Crippen LogP contribution in [0.4, 0.5) is 0 Å². The molecule has 0 spiro atoms. The third-order valence-corrected chi connectivity index (χ3v) is 3.68. The largest absolute Gasteiger partial charge is 0.361 e. The van der Waals surface area contributed by atoms with E-state index in [-0.39, 0.29) is 5.91 Å². The van der Waals surface area contributed by atoms with Gasteiger partial charge in [0.2, 0.25) is 0 Å². The molecular weight excluding hydrogens is 294 g/mol. The van der Waals surface area contributed by atoms with Crippen molar-refractivity contribution >= 4 is 5.91 Å². The second-order valence-electron chi connectivity index (χ2n) is 5.34. The Morgan fingerprint density at radius 1 is 1.35 bits per heavy atom. The van der Waals surface area contributed by atoms with Crippen molar-refractivity contribution in [3.63, 3.8) is 0 Å². The number of rotatable bonds is 4. The lowest BCUT2D eigenvalue weighted by molar-refractivity contribution is 0.0784. The molecule has 7 heteroatoms. The fourth-order valence-corrected chi connectivity index (χ4v) is 2.34. The van der Waals surface area contributed by atoms with Crippen molar-refractivity contribution in [2.45, 2.75) is 20.4 Å². The highest BCUT2D eigenvalue weighted by Crippen LogP contribution is 2.16. The summed E-state index contributed by atoms with van der Waals surface area (Å²) >= 11 is 0. The van der Waals surface area contributed by atoms with Gasteiger partial charge in [-0.25, -0.2) is 9.97 Å². The first kappa shape index (κ1) is 15.0. The van der Waals surface area contributed by atoms with E-state index >= 15 is 0 Å². The molecule has 0 radical (unpaired) electrons. The van der Waals surface area contributed by atoms with Gasteiger partial charge in [0.25, 0.3) is 5.91 Å². The molecule has 23 heavy (non-hydrogen) atoms. The van der Waals surface area contributed by atoms with Crippen molar-refractivity contribution in [2.75, 3.05) is 7.05 Å². The molecule has 118 valence electrons. The summed E-state index contributed by atoms with van der Waals surface area (Å²) in [6.45, 7) is 4.16. The van der Waals surface area contributed by atoms with Crippen LogP contribution in [-0.2, 0) is 6.54 Å². The number of hydrogen-bond acceptors (Lipinski definition) is 5. The molecule has 7 nitrogen and oxygen atoms in total. The number of carbonyl (C=O) groups is 1. The summed E-state index contributed by atoms with van der Waals surface area (Å²) in [5, 5.41) is 3.92. The molecule has 0 aromatic carbocycles. The van der Waals surface area contributed by atoms with Crippen LogP contribution >= 0.6 is 0 Å². The van der Waals surface area contributed by atoms with Crippen LogP contribution in [-0.4, -0.2) is 37.5 Å². The van der Waals surface area contributed by atoms with E-state index in [1.165, 1.54) is 0 Å². The third kappa shape index (κ3) is 2.98. The molecule has 0 unspecified atom stereocenters. The van der Waals surface area contributed by atoms with E-state index in [1.807, 2.05) is 13.8 Å². The van der Waals surface area contributed by atoms with Gasteiger partial charge in [0.05, 0.1) is 12.2 Å². The summed E-state index contributed by atoms with van der Waals surface area (Å²) in [6.07, 6.45) is 6.71. The monoisotopic (exact) mass is 311 g/mol. The minimum atomic E-state index is -0.0891. The topological polar surface area (TPSA) is 77.0 Å². The molecule has 3 rings (SSSR count). The summed E-state index contributed by atoms with van der Waals surface area (Å²) in [5.74, 6) is 1.30. The Bertz CT molecular complexity index is 803. The maximum atomic E-state index is 12.6. The quantitative estimate of drug-likeness (QED) is 0.738. The van der Waals surface area contributed by atoms with Crippen molar-refractivity contribution in [3.05, 3.63) is 59.6 Å². The second kappa shape index (κ2) is 6.04. The average Bonchev–Trinajstić information content (AvgIpc) is 3.20. The predicted octanol–water partition coefficient (Wildman–Crippen LogP) is 2.14. The maximum Gasteiger partial charge on any atom is 0.254 e. The number of amides is 1. The predicted molar refractivity (Wildman–Crippen MR) is 83.1 cm³/mol. The SMILES string of the molecule is Cc1noc(C)c1CN(C)C(=O)c1ccnc(-n2ccnc2)c1. The minimum Gasteiger partial charge on any atom is -0.361 e. The lowest BCUT2D eigenvalue weighted by atomic mass is 10.1. The molecule has 0 atom stereocenters. The first-order valence-corrected chi connectivity index (χ1v) is 7.18. The lowest BCUT2D eigenvalue weighted by Crippen LogP contribution is -2.26. The molecule has 0 saturated heterocycles. The first-order valence-electron chi connectivity index (χ1n) is 7.18. The van der Waals surface area contributed by atoms with Crippen LogP contribution in [0, 0.1) is 13.8 Å². The van der Waals surface area contributed by atoms with Crippen LogP contribution in [0.15, 0.2) is 41.6 Å². The zero-order valence-electron chi connectivity index (χ0n) is 13.2. The van der Waals surface area contributed by atoms with E-state index in [2.05, 4.69) is 15.1 Å². The zero-order valence-corrected chi connectivity index (χ0v) is 13.2. The molecule has 3 aromatic heterocycles. The molecule has 0 bridgehead atoms. The maximum absolute atomic E-state index is 12.6. The summed E-state index contributed by atoms with van der Waals surface area (Å²) in [6, 6.07) is 3.44. The van der Waals surface area contributed by atoms with Crippen LogP contribution in [0.5, 0.6) is 0 Å². The fourth-order valence-electron chi connectivity index (χ4n) is 2.34. The van der Waals surface area contributed by atoms with Gasteiger partial charge in [-0.3, -0.25) is 9.36 Å². The molecule has 3 heterocycles. The molecule has 1 amide bonds. The van der Waals surface area contributed by atoms with Crippen molar-refractivity contribution < 1.29 is 9.32 Å². The van der Waals surface area contributed by atoms with Gasteiger partial charge in [-0.2, -0.15) is 0 Å². The fraction of sp³-hybridized carbons (Fsp3) is 0.250. The van der Waals surface area contributed by atoms with E-state index in [4.69, 9.17) is 4.52 Å². The van der Waals surface area contributed by atoms with Crippen molar-refractivity contribution in [3.8, 4) is 5.82 Å². The Labute approximate surface area is 133 Å². The van der Waals surface area contributed by atoms with Crippen LogP contribution in [0.1, 0.15) is 27.4 Å². The van der Waals surface area contributed by atoms with E-state index in [9.17, 15) is 4.79 Å². The van der Waals surface area contributed by atoms with E-state index in [1.54, 1.807) is 53.6 Å². The summed E-state index contributed by atoms with van der Waals surface area (Å²) < 4.78 is 6.90. The zero-order chi connectivity index (χ0) is 16.4. The average molecular weight is 311 g/mol. The highest BCUT2D eigenvalue weighted by atomic mass is 16.5. The van der Waals surface area contributed by atoms with E-state index < -0.39 is 0 Å². The van der Waals surface area contributed by atoms with Crippen LogP contribution in [0.3, 0.4) is 0 Å².